The first-order valence-corrected chi connectivity index (χ1v) is 15.2. The Morgan fingerprint density at radius 3 is 0.455 bits per heavy atom. The molecule has 0 aromatic carbocycles. The highest BCUT2D eigenvalue weighted by atomic mass is 28.2. The van der Waals surface area contributed by atoms with Crippen LogP contribution >= 0.6 is 0 Å². The van der Waals surface area contributed by atoms with Gasteiger partial charge in [0.15, 0.2) is 0 Å². The average molecular weight is 444 g/mol. The first-order chi connectivity index (χ1) is 10.2. The van der Waals surface area contributed by atoms with Crippen molar-refractivity contribution in [2.24, 2.45) is 0 Å². The molecule has 9 rings (SSSR count). The van der Waals surface area contributed by atoms with Gasteiger partial charge in [-0.3, -0.25) is 17.8 Å². The highest BCUT2D eigenvalue weighted by molar-refractivity contribution is 6.81. The predicted molar refractivity (Wildman–Crippen MR) is 62.2 cm³/mol. The third-order valence-corrected chi connectivity index (χ3v) is 18.0. The van der Waals surface area contributed by atoms with Gasteiger partial charge in [-0.2, -0.15) is 0 Å². The lowest BCUT2D eigenvalue weighted by molar-refractivity contribution is 0.0365. The molecule has 0 saturated carbocycles. The Labute approximate surface area is 156 Å². The summed E-state index contributed by atoms with van der Waals surface area (Å²) in [4.78, 5) is 0. The van der Waals surface area contributed by atoms with Gasteiger partial charge in [-0.1, -0.05) is 0 Å². The van der Waals surface area contributed by atoms with E-state index in [2.05, 4.69) is 0 Å². The molecule has 14 nitrogen and oxygen atoms in total. The number of hydrogen-bond donors (Lipinski definition) is 0. The fraction of sp³-hybridized carbons (Fsp3) is 0. The van der Waals surface area contributed by atoms with Gasteiger partial charge >= 0.3 is 109 Å². The van der Waals surface area contributed by atoms with Gasteiger partial charge in [0, 0.05) is 0 Å². The molecule has 22 heavy (non-hydrogen) atoms. The van der Waals surface area contributed by atoms with Gasteiger partial charge in [-0.15, -0.1) is 0 Å². The van der Waals surface area contributed by atoms with Gasteiger partial charge in [0.1, 0.15) is 0 Å². The summed E-state index contributed by atoms with van der Waals surface area (Å²) in [5.41, 5.74) is 0. The summed E-state index contributed by atoms with van der Waals surface area (Å²) in [5, 5.41) is 0. The molecule has 0 amide bonds. The van der Waals surface area contributed by atoms with Gasteiger partial charge in [0.25, 0.3) is 0 Å². The van der Waals surface area contributed by atoms with E-state index in [1.165, 1.54) is 0 Å². The highest BCUT2D eigenvalue weighted by Gasteiger charge is 2.69. The molecule has 0 aliphatic carbocycles. The molecule has 9 heterocycles. The molecule has 9 aliphatic heterocycles. The van der Waals surface area contributed by atoms with Crippen LogP contribution in [0.2, 0.25) is 0 Å². The lowest BCUT2D eigenvalue weighted by Crippen LogP contribution is -2.68. The van der Waals surface area contributed by atoms with E-state index >= 15 is 0 Å². The number of hydrogen-bond acceptors (Lipinski definition) is 13. The Balaban J connectivity index is 0.000000140. The molecule has 0 aromatic rings. The van der Waals surface area contributed by atoms with Gasteiger partial charge in [-0.05, 0) is 0 Å². The van der Waals surface area contributed by atoms with Crippen molar-refractivity contribution >= 4 is 109 Å². The van der Waals surface area contributed by atoms with Crippen LogP contribution in [0.3, 0.4) is 0 Å². The van der Waals surface area contributed by atoms with Crippen molar-refractivity contribution in [3.05, 3.63) is 0 Å². The smallest absolute Gasteiger partial charge is 0.547 e. The summed E-state index contributed by atoms with van der Waals surface area (Å²) >= 11 is -7.58. The zero-order valence-electron chi connectivity index (χ0n) is 10.3. The molecule has 2 N–H and O–H groups in total. The highest BCUT2D eigenvalue weighted by Crippen LogP contribution is 2.24. The van der Waals surface area contributed by atoms with Crippen LogP contribution in [0.15, 0.2) is 0 Å². The van der Waals surface area contributed by atoms with Crippen LogP contribution in [-0.2, 0) is 43.4 Å². The lowest BCUT2D eigenvalue weighted by atomic mass is 15.5. The molecule has 0 aromatic heterocycles. The Morgan fingerprint density at radius 1 is 0.409 bits per heavy atom. The minimum absolute atomic E-state index is 0. The van der Waals surface area contributed by atoms with Gasteiger partial charge in [0.05, 0.1) is 0 Å². The Hall–Kier alpha value is 2.43. The van der Waals surface area contributed by atoms with Gasteiger partial charge < -0.3 is 31.0 Å². The first kappa shape index (κ1) is 22.5. The summed E-state index contributed by atoms with van der Waals surface area (Å²) in [6, 6.07) is 0. The first-order valence-electron chi connectivity index (χ1n) is 5.06. The van der Waals surface area contributed by atoms with E-state index in [0.29, 0.717) is 0 Å². The van der Waals surface area contributed by atoms with Crippen molar-refractivity contribution in [3.63, 3.8) is 0 Å². The molecule has 0 spiro atoms. The number of rotatable bonds is 0. The van der Waals surface area contributed by atoms with Crippen LogP contribution in [0.1, 0.15) is 0 Å². The third-order valence-electron chi connectivity index (χ3n) is 2.00. The summed E-state index contributed by atoms with van der Waals surface area (Å²) in [7, 11) is -2.83. The largest absolute Gasteiger partial charge is 0.821 e. The average Bonchev–Trinajstić information content (AvgIpc) is 1.83. The van der Waals surface area contributed by atoms with E-state index < -0.39 is 109 Å². The monoisotopic (exact) mass is 444 g/mol. The maximum absolute atomic E-state index is 8.40. The second-order valence-corrected chi connectivity index (χ2v) is 16.7. The molecule has 9 fully saturated rings. The summed E-state index contributed by atoms with van der Waals surface area (Å²) < 4.78 is 77.4. The van der Waals surface area contributed by atoms with Crippen LogP contribution in [0.4, 0.5) is 0 Å². The maximum atomic E-state index is 8.40. The van der Waals surface area contributed by atoms with Crippen molar-refractivity contribution in [3.8, 4) is 0 Å². The van der Waals surface area contributed by atoms with Crippen molar-refractivity contribution in [1.82, 2.24) is 0 Å². The van der Waals surface area contributed by atoms with Crippen molar-refractivity contribution in [2.45, 2.75) is 0 Å². The quantitative estimate of drug-likeness (QED) is 0.324. The van der Waals surface area contributed by atoms with Crippen molar-refractivity contribution in [2.75, 3.05) is 0 Å². The van der Waals surface area contributed by atoms with Gasteiger partial charge in [0.2, 0.25) is 0 Å². The van der Waals surface area contributed by atoms with Gasteiger partial charge in [-0.25, -0.2) is 0 Å². The lowest BCUT2D eigenvalue weighted by Gasteiger charge is -2.41. The van der Waals surface area contributed by atoms with E-state index in [0.717, 1.165) is 0 Å². The van der Waals surface area contributed by atoms with Crippen LogP contribution in [-0.4, -0.2) is 115 Å². The molecule has 6 bridgehead atoms. The minimum atomic E-state index is -1.42. The molecule has 0 atom stereocenters. The fourth-order valence-corrected chi connectivity index (χ4v) is 8.17. The predicted octanol–water partition coefficient (Wildman–Crippen LogP) is -4.96. The Kier molecular flexibility index (Phi) is 12.2. The summed E-state index contributed by atoms with van der Waals surface area (Å²) in [6.45, 7) is 0. The van der Waals surface area contributed by atoms with Crippen LogP contribution < -0.4 is 0 Å². The SMILES string of the molecule is O.O=[Si]=O.O=[Si]=O.[O]1[Al]2[O][Al]1[O]2.[O]1[Al]2[O][Al]1[O]2.[O]1[Al]2[O][Al]1[O]2. The van der Waals surface area contributed by atoms with E-state index in [1.54, 1.807) is 0 Å². The standard InChI is InChI=1S/6Al.2O2Si.H2O.9O/c;;;;;;2*1-3-2;;;;;;;;;;/h;;;;;;;;1H2;;;;;;;;;. The zero-order valence-corrected chi connectivity index (χ0v) is 19.2. The molecule has 0 radical (unpaired) electrons. The second kappa shape index (κ2) is 11.9. The van der Waals surface area contributed by atoms with E-state index in [-0.39, 0.29) is 5.48 Å². The second-order valence-electron chi connectivity index (χ2n) is 3.12. The van der Waals surface area contributed by atoms with E-state index in [4.69, 9.17) is 43.4 Å². The maximum Gasteiger partial charge on any atom is 0.821 e. The molecule has 112 valence electrons. The van der Waals surface area contributed by atoms with Crippen LogP contribution in [0.25, 0.3) is 0 Å². The Bertz CT molecular complexity index is 304. The van der Waals surface area contributed by atoms with E-state index in [9.17, 15) is 0 Å². The summed E-state index contributed by atoms with van der Waals surface area (Å²) in [5.74, 6) is 0. The third kappa shape index (κ3) is 6.97. The minimum Gasteiger partial charge on any atom is -0.547 e. The van der Waals surface area contributed by atoms with Crippen molar-refractivity contribution < 1.29 is 48.9 Å². The zero-order chi connectivity index (χ0) is 15.2. The van der Waals surface area contributed by atoms with Crippen LogP contribution in [0, 0.1) is 0 Å². The summed E-state index contributed by atoms with van der Waals surface area (Å²) in [6.07, 6.45) is 0. The van der Waals surface area contributed by atoms with E-state index in [1.807, 2.05) is 0 Å². The topological polar surface area (TPSA) is 183 Å². The Morgan fingerprint density at radius 2 is 0.455 bits per heavy atom. The molecular weight excluding hydrogens is 442 g/mol. The van der Waals surface area contributed by atoms with Crippen LogP contribution in [0.5, 0.6) is 0 Å². The molecule has 9 aliphatic rings. The fourth-order valence-electron chi connectivity index (χ4n) is 0.908. The molecule has 9 saturated heterocycles. The normalized spacial score (nSPS) is 20.4. The molecular formula is H2Al6O14Si2. The van der Waals surface area contributed by atoms with Crippen molar-refractivity contribution in [1.29, 1.82) is 0 Å². The molecule has 22 heteroatoms. The molecule has 0 unspecified atom stereocenters.